The second-order valence-electron chi connectivity index (χ2n) is 17.0. The van der Waals surface area contributed by atoms with Crippen LogP contribution in [0.3, 0.4) is 0 Å². The summed E-state index contributed by atoms with van der Waals surface area (Å²) in [6, 6.07) is 2.60. The summed E-state index contributed by atoms with van der Waals surface area (Å²) in [7, 11) is 0. The van der Waals surface area contributed by atoms with E-state index in [9.17, 15) is 49.2 Å². The first-order valence-corrected chi connectivity index (χ1v) is 18.8. The number of carboxylic acid groups (broad SMARTS) is 1. The number of aromatic hydroxyl groups is 2. The molecule has 1 aliphatic heterocycles. The number of aliphatic hydroxyl groups is 1. The first-order chi connectivity index (χ1) is 26.7. The number of carbonyl (C=O) groups is 6. The summed E-state index contributed by atoms with van der Waals surface area (Å²) in [5, 5.41) is 55.7. The molecule has 0 spiro atoms. The number of fused-ring (bicyclic) bond motifs is 5. The molecule has 2 aromatic carbocycles. The molecule has 9 N–H and O–H groups in total. The van der Waals surface area contributed by atoms with E-state index in [4.69, 9.17) is 14.2 Å². The number of phenolic OH excluding ortho intramolecular Hbond substituents is 2. The van der Waals surface area contributed by atoms with Crippen LogP contribution in [0.1, 0.15) is 85.4 Å². The Bertz CT molecular complexity index is 1850. The van der Waals surface area contributed by atoms with Crippen molar-refractivity contribution in [1.29, 1.82) is 0 Å². The lowest BCUT2D eigenvalue weighted by Crippen LogP contribution is -2.57. The fraction of sp³-hybridized carbons (Fsp3) is 0.550. The Hall–Kier alpha value is -5.78. The molecule has 320 valence electrons. The number of carbonyl (C=O) groups excluding carboxylic acids is 5. The summed E-state index contributed by atoms with van der Waals surface area (Å²) in [6.45, 7) is 14.5. The van der Waals surface area contributed by atoms with Crippen molar-refractivity contribution in [2.24, 2.45) is 0 Å². The third kappa shape index (κ3) is 15.3. The number of nitrogens with one attached hydrogen (secondary N) is 5. The second kappa shape index (κ2) is 19.1. The third-order valence-electron chi connectivity index (χ3n) is 8.25. The Morgan fingerprint density at radius 3 is 1.91 bits per heavy atom. The number of hydrogen-bond acceptors (Lipinski definition) is 12. The zero-order valence-corrected chi connectivity index (χ0v) is 34.4. The maximum Gasteiger partial charge on any atom is 0.408 e. The highest BCUT2D eigenvalue weighted by atomic mass is 16.6. The number of aliphatic carboxylic acids is 1. The van der Waals surface area contributed by atoms with Crippen molar-refractivity contribution in [1.82, 2.24) is 26.6 Å². The first-order valence-electron chi connectivity index (χ1n) is 18.8. The molecule has 3 rings (SSSR count). The largest absolute Gasteiger partial charge is 0.508 e. The van der Waals surface area contributed by atoms with Gasteiger partial charge in [-0.3, -0.25) is 9.59 Å². The van der Waals surface area contributed by atoms with E-state index in [2.05, 4.69) is 26.6 Å². The molecule has 18 heteroatoms. The zero-order chi connectivity index (χ0) is 43.7. The average Bonchev–Trinajstić information content (AvgIpc) is 3.05. The van der Waals surface area contributed by atoms with Crippen LogP contribution in [0.2, 0.25) is 0 Å². The van der Waals surface area contributed by atoms with Crippen molar-refractivity contribution in [3.05, 3.63) is 47.0 Å². The van der Waals surface area contributed by atoms with Crippen LogP contribution in [-0.4, -0.2) is 111 Å². The number of benzene rings is 2. The number of phenols is 2. The fourth-order valence-electron chi connectivity index (χ4n) is 5.79. The summed E-state index contributed by atoms with van der Waals surface area (Å²) in [4.78, 5) is 78.1. The Morgan fingerprint density at radius 1 is 0.759 bits per heavy atom. The molecule has 0 saturated heterocycles. The third-order valence-corrected chi connectivity index (χ3v) is 8.25. The number of aliphatic hydroxyl groups excluding tert-OH is 1. The molecule has 0 radical (unpaired) electrons. The molecule has 0 saturated carbocycles. The van der Waals surface area contributed by atoms with Crippen LogP contribution in [0.4, 0.5) is 14.4 Å². The first kappa shape index (κ1) is 46.6. The molecule has 1 aliphatic rings. The van der Waals surface area contributed by atoms with Gasteiger partial charge in [0, 0.05) is 32.4 Å². The van der Waals surface area contributed by atoms with Gasteiger partial charge in [0.2, 0.25) is 11.8 Å². The lowest BCUT2D eigenvalue weighted by atomic mass is 9.90. The summed E-state index contributed by atoms with van der Waals surface area (Å²) in [5.41, 5.74) is -0.868. The van der Waals surface area contributed by atoms with Crippen LogP contribution in [0.25, 0.3) is 11.1 Å². The van der Waals surface area contributed by atoms with Crippen LogP contribution < -0.4 is 26.6 Å². The van der Waals surface area contributed by atoms with Gasteiger partial charge >= 0.3 is 24.2 Å². The van der Waals surface area contributed by atoms with Crippen LogP contribution in [0.5, 0.6) is 11.5 Å². The molecule has 58 heavy (non-hydrogen) atoms. The minimum absolute atomic E-state index is 0.0715. The summed E-state index contributed by atoms with van der Waals surface area (Å²) in [5.74, 6) is -4.06. The van der Waals surface area contributed by atoms with E-state index in [1.54, 1.807) is 74.4 Å². The number of hydrogen-bond donors (Lipinski definition) is 9. The Morgan fingerprint density at radius 2 is 1.33 bits per heavy atom. The highest BCUT2D eigenvalue weighted by molar-refractivity contribution is 5.93. The van der Waals surface area contributed by atoms with Crippen molar-refractivity contribution in [2.45, 2.75) is 129 Å². The molecule has 4 bridgehead atoms. The molecule has 0 aliphatic carbocycles. The van der Waals surface area contributed by atoms with Gasteiger partial charge in [-0.1, -0.05) is 6.07 Å². The predicted octanol–water partition coefficient (Wildman–Crippen LogP) is 3.15. The molecule has 0 unspecified atom stereocenters. The number of rotatable bonds is 9. The van der Waals surface area contributed by atoms with Gasteiger partial charge in [-0.2, -0.15) is 0 Å². The Balaban J connectivity index is 2.13. The predicted molar refractivity (Wildman–Crippen MR) is 210 cm³/mol. The maximum atomic E-state index is 14.0. The van der Waals surface area contributed by atoms with Gasteiger partial charge in [-0.25, -0.2) is 19.2 Å². The van der Waals surface area contributed by atoms with Crippen molar-refractivity contribution in [3.8, 4) is 22.6 Å². The molecular formula is C40H57N5O13. The standard InChI is InChI=1S/C40H57N5O13/c1-38(2,3)56-35(53)41-13-12-22-18-31(48)24-15-26(22)21-10-11-30(47)23(14-21)16-27(45-37(55)58-40(7,8)9)32(49)43-28(33(50)44-29(17-24)34(51)52)19-25(46)20-42-36(54)57-39(4,5)6/h10-11,14-15,18,25,27-29,46-48H,12-13,16-17,19-20H2,1-9H3,(H,41,53)(H,42,54)(H,43,49)(H,44,50)(H,45,55)(H,51,52)/t25-,27-,28-,29-/m0/s1. The minimum atomic E-state index is -1.67. The monoisotopic (exact) mass is 815 g/mol. The topological polar surface area (TPSA) is 271 Å². The van der Waals surface area contributed by atoms with E-state index in [1.807, 2.05) is 0 Å². The second-order valence-corrected chi connectivity index (χ2v) is 17.0. The summed E-state index contributed by atoms with van der Waals surface area (Å²) in [6.07, 6.45) is -5.17. The van der Waals surface area contributed by atoms with Crippen molar-refractivity contribution in [3.63, 3.8) is 0 Å². The Kier molecular flexibility index (Phi) is 15.4. The Labute approximate surface area is 337 Å². The van der Waals surface area contributed by atoms with Crippen molar-refractivity contribution < 1.29 is 63.4 Å². The molecule has 0 aromatic heterocycles. The number of amides is 5. The van der Waals surface area contributed by atoms with Crippen LogP contribution in [0.15, 0.2) is 30.3 Å². The van der Waals surface area contributed by atoms with Crippen LogP contribution >= 0.6 is 0 Å². The summed E-state index contributed by atoms with van der Waals surface area (Å²) >= 11 is 0. The molecule has 5 amide bonds. The number of carboxylic acids is 1. The van der Waals surface area contributed by atoms with Crippen molar-refractivity contribution >= 4 is 36.1 Å². The van der Waals surface area contributed by atoms with E-state index in [-0.39, 0.29) is 42.0 Å². The van der Waals surface area contributed by atoms with Crippen LogP contribution in [0, 0.1) is 0 Å². The SMILES string of the molecule is CC(C)(C)OC(=O)NCCc1cc(O)c2cc1-c1ccc(O)c(c1)C[C@H](NC(=O)OC(C)(C)C)C(=O)N[C@@H](C[C@H](O)CNC(=O)OC(C)(C)C)C(=O)N[C@H](C(=O)O)C2. The lowest BCUT2D eigenvalue weighted by molar-refractivity contribution is -0.142. The minimum Gasteiger partial charge on any atom is -0.508 e. The molecule has 2 aromatic rings. The maximum absolute atomic E-state index is 14.0. The molecule has 1 heterocycles. The quantitative estimate of drug-likeness (QED) is 0.165. The van der Waals surface area contributed by atoms with Crippen LogP contribution in [-0.2, 0) is 47.9 Å². The number of ether oxygens (including phenoxy) is 3. The highest BCUT2D eigenvalue weighted by Crippen LogP contribution is 2.34. The molecule has 0 fully saturated rings. The van der Waals surface area contributed by atoms with E-state index < -0.39 is 96.5 Å². The average molecular weight is 816 g/mol. The van der Waals surface area contributed by atoms with E-state index in [0.717, 1.165) is 0 Å². The van der Waals surface area contributed by atoms with Gasteiger partial charge < -0.3 is 61.2 Å². The smallest absolute Gasteiger partial charge is 0.408 e. The van der Waals surface area contributed by atoms with Gasteiger partial charge in [0.05, 0.1) is 6.10 Å². The van der Waals surface area contributed by atoms with Gasteiger partial charge in [0.1, 0.15) is 46.4 Å². The fourth-order valence-corrected chi connectivity index (χ4v) is 5.79. The zero-order valence-electron chi connectivity index (χ0n) is 34.4. The van der Waals surface area contributed by atoms with E-state index >= 15 is 0 Å². The normalized spacial score (nSPS) is 18.2. The van der Waals surface area contributed by atoms with E-state index in [0.29, 0.717) is 16.7 Å². The van der Waals surface area contributed by atoms with Gasteiger partial charge in [0.25, 0.3) is 0 Å². The lowest BCUT2D eigenvalue weighted by Gasteiger charge is -2.27. The molecular weight excluding hydrogens is 758 g/mol. The molecule has 18 nitrogen and oxygen atoms in total. The van der Waals surface area contributed by atoms with Gasteiger partial charge in [-0.05, 0) is 121 Å². The van der Waals surface area contributed by atoms with E-state index in [1.165, 1.54) is 18.2 Å². The van der Waals surface area contributed by atoms with Gasteiger partial charge in [-0.15, -0.1) is 0 Å². The molecule has 4 atom stereocenters. The van der Waals surface area contributed by atoms with Crippen molar-refractivity contribution in [2.75, 3.05) is 13.1 Å². The highest BCUT2D eigenvalue weighted by Gasteiger charge is 2.34. The summed E-state index contributed by atoms with van der Waals surface area (Å²) < 4.78 is 15.9. The number of alkyl carbamates (subject to hydrolysis) is 3. The van der Waals surface area contributed by atoms with Gasteiger partial charge in [0.15, 0.2) is 0 Å².